The first-order valence-electron chi connectivity index (χ1n) is 7.80. The molecule has 2 rings (SSSR count). The molecule has 2 aliphatic rings. The van der Waals surface area contributed by atoms with E-state index in [1.165, 1.54) is 6.42 Å². The summed E-state index contributed by atoms with van der Waals surface area (Å²) in [5.41, 5.74) is -0.0546. The van der Waals surface area contributed by atoms with Crippen LogP contribution in [0.5, 0.6) is 0 Å². The Balaban J connectivity index is 1.55. The summed E-state index contributed by atoms with van der Waals surface area (Å²) >= 11 is 0. The second-order valence-electron chi connectivity index (χ2n) is 6.31. The maximum Gasteiger partial charge on any atom is 0.223 e. The Morgan fingerprint density at radius 3 is 2.40 bits per heavy atom. The minimum absolute atomic E-state index is 0.0475. The molecule has 0 atom stereocenters. The molecule has 5 nitrogen and oxygen atoms in total. The van der Waals surface area contributed by atoms with E-state index in [9.17, 15) is 9.59 Å². The number of aliphatic hydroxyl groups is 1. The largest absolute Gasteiger partial charge is 0.396 e. The Labute approximate surface area is 120 Å². The molecule has 0 heterocycles. The van der Waals surface area contributed by atoms with Gasteiger partial charge in [-0.3, -0.25) is 9.59 Å². The zero-order chi connectivity index (χ0) is 14.4. The van der Waals surface area contributed by atoms with Crippen LogP contribution in [-0.2, 0) is 9.59 Å². The van der Waals surface area contributed by atoms with Crippen LogP contribution in [0.4, 0.5) is 0 Å². The summed E-state index contributed by atoms with van der Waals surface area (Å²) in [5.74, 6) is 0.205. The smallest absolute Gasteiger partial charge is 0.223 e. The summed E-state index contributed by atoms with van der Waals surface area (Å²) in [6, 6.07) is 0. The maximum atomic E-state index is 11.9. The predicted molar refractivity (Wildman–Crippen MR) is 76.0 cm³/mol. The number of hydrogen-bond acceptors (Lipinski definition) is 3. The maximum absolute atomic E-state index is 11.9. The molecule has 2 saturated carbocycles. The van der Waals surface area contributed by atoms with E-state index >= 15 is 0 Å². The molecule has 3 N–H and O–H groups in total. The van der Waals surface area contributed by atoms with E-state index in [1.807, 2.05) is 0 Å². The van der Waals surface area contributed by atoms with Crippen molar-refractivity contribution in [2.75, 3.05) is 19.7 Å². The highest BCUT2D eigenvalue weighted by molar-refractivity contribution is 5.80. The number of hydrogen-bond donors (Lipinski definition) is 3. The summed E-state index contributed by atoms with van der Waals surface area (Å²) in [4.78, 5) is 23.5. The van der Waals surface area contributed by atoms with E-state index in [4.69, 9.17) is 5.11 Å². The molecule has 2 amide bonds. The lowest BCUT2D eigenvalue weighted by Gasteiger charge is -2.20. The van der Waals surface area contributed by atoms with Gasteiger partial charge in [0, 0.05) is 30.8 Å². The number of nitrogens with one attached hydrogen (secondary N) is 2. The summed E-state index contributed by atoms with van der Waals surface area (Å²) in [6.07, 6.45) is 7.78. The normalized spacial score (nSPS) is 21.2. The molecule has 0 unspecified atom stereocenters. The SMILES string of the molecule is O=C(CCNC(=O)C1CCCCC1)NCC1(CO)CC1. The number of amides is 2. The first-order valence-corrected chi connectivity index (χ1v) is 7.80. The van der Waals surface area contributed by atoms with Gasteiger partial charge in [-0.2, -0.15) is 0 Å². The Hall–Kier alpha value is -1.10. The fraction of sp³-hybridized carbons (Fsp3) is 0.867. The van der Waals surface area contributed by atoms with Crippen molar-refractivity contribution in [1.82, 2.24) is 10.6 Å². The van der Waals surface area contributed by atoms with Crippen LogP contribution in [-0.4, -0.2) is 36.6 Å². The number of aliphatic hydroxyl groups excluding tert-OH is 1. The van der Waals surface area contributed by atoms with Crippen molar-refractivity contribution in [3.63, 3.8) is 0 Å². The van der Waals surface area contributed by atoms with Gasteiger partial charge in [0.1, 0.15) is 0 Å². The van der Waals surface area contributed by atoms with Crippen molar-refractivity contribution in [2.45, 2.75) is 51.4 Å². The molecule has 0 radical (unpaired) electrons. The highest BCUT2D eigenvalue weighted by atomic mass is 16.3. The zero-order valence-corrected chi connectivity index (χ0v) is 12.1. The van der Waals surface area contributed by atoms with Crippen molar-refractivity contribution in [3.8, 4) is 0 Å². The Morgan fingerprint density at radius 2 is 1.80 bits per heavy atom. The van der Waals surface area contributed by atoms with Crippen LogP contribution in [0.3, 0.4) is 0 Å². The van der Waals surface area contributed by atoms with Gasteiger partial charge in [0.05, 0.1) is 6.61 Å². The average Bonchev–Trinajstić information content (AvgIpc) is 3.26. The van der Waals surface area contributed by atoms with Gasteiger partial charge in [-0.15, -0.1) is 0 Å². The lowest BCUT2D eigenvalue weighted by molar-refractivity contribution is -0.126. The van der Waals surface area contributed by atoms with Crippen LogP contribution in [0.25, 0.3) is 0 Å². The van der Waals surface area contributed by atoms with Crippen molar-refractivity contribution in [2.24, 2.45) is 11.3 Å². The highest BCUT2D eigenvalue weighted by Gasteiger charge is 2.41. The van der Waals surface area contributed by atoms with E-state index in [-0.39, 0.29) is 29.8 Å². The molecule has 0 spiro atoms. The third kappa shape index (κ3) is 4.47. The molecule has 2 fully saturated rings. The first-order chi connectivity index (χ1) is 9.65. The standard InChI is InChI=1S/C15H26N2O3/c18-11-15(7-8-15)10-17-13(19)6-9-16-14(20)12-4-2-1-3-5-12/h12,18H,1-11H2,(H,16,20)(H,17,19). The predicted octanol–water partition coefficient (Wildman–Crippen LogP) is 0.962. The summed E-state index contributed by atoms with van der Waals surface area (Å²) in [6.45, 7) is 1.11. The minimum atomic E-state index is -0.0546. The second kappa shape index (κ2) is 7.07. The summed E-state index contributed by atoms with van der Waals surface area (Å²) in [5, 5.41) is 14.9. The lowest BCUT2D eigenvalue weighted by Crippen LogP contribution is -2.37. The topological polar surface area (TPSA) is 78.4 Å². The Morgan fingerprint density at radius 1 is 1.10 bits per heavy atom. The van der Waals surface area contributed by atoms with Gasteiger partial charge in [0.2, 0.25) is 11.8 Å². The molecule has 20 heavy (non-hydrogen) atoms. The molecule has 0 aromatic carbocycles. The Kier molecular flexibility index (Phi) is 5.40. The fourth-order valence-electron chi connectivity index (χ4n) is 2.75. The quantitative estimate of drug-likeness (QED) is 0.651. The van der Waals surface area contributed by atoms with E-state index in [2.05, 4.69) is 10.6 Å². The molecule has 0 aromatic heterocycles. The molecule has 0 saturated heterocycles. The Bertz CT molecular complexity index is 347. The van der Waals surface area contributed by atoms with E-state index in [1.54, 1.807) is 0 Å². The van der Waals surface area contributed by atoms with E-state index < -0.39 is 0 Å². The molecule has 5 heteroatoms. The lowest BCUT2D eigenvalue weighted by atomic mass is 9.89. The van der Waals surface area contributed by atoms with Crippen LogP contribution in [0.1, 0.15) is 51.4 Å². The van der Waals surface area contributed by atoms with Crippen LogP contribution in [0.15, 0.2) is 0 Å². The molecule has 0 bridgehead atoms. The molecule has 2 aliphatic carbocycles. The molecule has 0 aliphatic heterocycles. The van der Waals surface area contributed by atoms with Gasteiger partial charge in [-0.25, -0.2) is 0 Å². The van der Waals surface area contributed by atoms with Crippen molar-refractivity contribution < 1.29 is 14.7 Å². The molecular weight excluding hydrogens is 256 g/mol. The summed E-state index contributed by atoms with van der Waals surface area (Å²) in [7, 11) is 0. The number of carbonyl (C=O) groups excluding carboxylic acids is 2. The van der Waals surface area contributed by atoms with Crippen LogP contribution in [0, 0.1) is 11.3 Å². The molecular formula is C15H26N2O3. The van der Waals surface area contributed by atoms with Gasteiger partial charge in [-0.1, -0.05) is 19.3 Å². The molecule has 0 aromatic rings. The second-order valence-corrected chi connectivity index (χ2v) is 6.31. The average molecular weight is 282 g/mol. The van der Waals surface area contributed by atoms with Crippen molar-refractivity contribution in [3.05, 3.63) is 0 Å². The van der Waals surface area contributed by atoms with Gasteiger partial charge in [0.15, 0.2) is 0 Å². The van der Waals surface area contributed by atoms with Gasteiger partial charge in [-0.05, 0) is 25.7 Å². The first kappa shape index (κ1) is 15.3. The van der Waals surface area contributed by atoms with Crippen LogP contribution < -0.4 is 10.6 Å². The number of rotatable bonds is 7. The van der Waals surface area contributed by atoms with E-state index in [0.717, 1.165) is 38.5 Å². The monoisotopic (exact) mass is 282 g/mol. The minimum Gasteiger partial charge on any atom is -0.396 e. The summed E-state index contributed by atoms with van der Waals surface area (Å²) < 4.78 is 0. The van der Waals surface area contributed by atoms with Crippen molar-refractivity contribution >= 4 is 11.8 Å². The third-order valence-electron chi connectivity index (χ3n) is 4.58. The van der Waals surface area contributed by atoms with Gasteiger partial charge in [0.25, 0.3) is 0 Å². The zero-order valence-electron chi connectivity index (χ0n) is 12.1. The fourth-order valence-corrected chi connectivity index (χ4v) is 2.75. The number of carbonyl (C=O) groups is 2. The third-order valence-corrected chi connectivity index (χ3v) is 4.58. The van der Waals surface area contributed by atoms with Gasteiger partial charge >= 0.3 is 0 Å². The van der Waals surface area contributed by atoms with Gasteiger partial charge < -0.3 is 15.7 Å². The highest BCUT2D eigenvalue weighted by Crippen LogP contribution is 2.44. The van der Waals surface area contributed by atoms with Crippen LogP contribution >= 0.6 is 0 Å². The van der Waals surface area contributed by atoms with Crippen LogP contribution in [0.2, 0.25) is 0 Å². The molecule has 114 valence electrons. The van der Waals surface area contributed by atoms with Crippen molar-refractivity contribution in [1.29, 1.82) is 0 Å². The van der Waals surface area contributed by atoms with E-state index in [0.29, 0.717) is 19.5 Å².